The average Bonchev–Trinajstić information content (AvgIpc) is 2.29. The summed E-state index contributed by atoms with van der Waals surface area (Å²) in [5, 5.41) is 0. The topological polar surface area (TPSA) is 35.2 Å². The molecule has 0 aliphatic carbocycles. The number of nitrogen functional groups attached to an aromatic ring is 1. The van der Waals surface area contributed by atoms with Gasteiger partial charge in [0, 0.05) is 5.69 Å². The molecule has 4 heteroatoms. The highest BCUT2D eigenvalue weighted by Gasteiger charge is 2.02. The molecule has 0 heterocycles. The van der Waals surface area contributed by atoms with Crippen LogP contribution >= 0.6 is 0 Å². The van der Waals surface area contributed by atoms with Gasteiger partial charge in [0.15, 0.2) is 0 Å². The molecule has 94 valence electrons. The summed E-state index contributed by atoms with van der Waals surface area (Å²) in [4.78, 5) is 0. The first kappa shape index (κ1) is 12.4. The minimum Gasteiger partial charge on any atom is -0.489 e. The minimum absolute atomic E-state index is 0.188. The predicted molar refractivity (Wildman–Crippen MR) is 66.3 cm³/mol. The van der Waals surface area contributed by atoms with Crippen molar-refractivity contribution in [2.24, 2.45) is 0 Å². The first-order chi connectivity index (χ1) is 8.54. The number of anilines is 1. The second-order valence-electron chi connectivity index (χ2n) is 4.09. The van der Waals surface area contributed by atoms with Crippen LogP contribution < -0.4 is 10.5 Å². The molecule has 0 atom stereocenters. The molecule has 0 bridgehead atoms. The normalized spacial score (nSPS) is 10.4. The molecule has 0 amide bonds. The van der Waals surface area contributed by atoms with Crippen molar-refractivity contribution in [3.05, 3.63) is 59.2 Å². The highest BCUT2D eigenvalue weighted by atomic mass is 19.1. The predicted octanol–water partition coefficient (Wildman–Crippen LogP) is 3.43. The number of ether oxygens (including phenoxy) is 1. The van der Waals surface area contributed by atoms with Crippen LogP contribution in [-0.2, 0) is 6.61 Å². The fourth-order valence-corrected chi connectivity index (χ4v) is 1.63. The lowest BCUT2D eigenvalue weighted by Gasteiger charge is -2.08. The van der Waals surface area contributed by atoms with E-state index in [0.29, 0.717) is 22.6 Å². The molecule has 18 heavy (non-hydrogen) atoms. The van der Waals surface area contributed by atoms with E-state index in [2.05, 4.69) is 0 Å². The SMILES string of the molecule is Cc1cc(OCc2cc(N)cc(F)c2)ccc1F. The Morgan fingerprint density at radius 3 is 2.56 bits per heavy atom. The zero-order valence-electron chi connectivity index (χ0n) is 9.91. The van der Waals surface area contributed by atoms with Gasteiger partial charge in [-0.05, 0) is 54.4 Å². The summed E-state index contributed by atoms with van der Waals surface area (Å²) in [6.45, 7) is 1.84. The average molecular weight is 249 g/mol. The molecule has 0 radical (unpaired) electrons. The molecule has 0 saturated heterocycles. The molecule has 0 aromatic heterocycles. The molecule has 0 spiro atoms. The summed E-state index contributed by atoms with van der Waals surface area (Å²) in [6.07, 6.45) is 0. The van der Waals surface area contributed by atoms with Crippen molar-refractivity contribution >= 4 is 5.69 Å². The third-order valence-corrected chi connectivity index (χ3v) is 2.51. The van der Waals surface area contributed by atoms with Crippen molar-refractivity contribution in [1.29, 1.82) is 0 Å². The molecule has 2 aromatic rings. The third kappa shape index (κ3) is 2.97. The maximum Gasteiger partial charge on any atom is 0.126 e. The third-order valence-electron chi connectivity index (χ3n) is 2.51. The van der Waals surface area contributed by atoms with Crippen molar-refractivity contribution in [2.45, 2.75) is 13.5 Å². The fourth-order valence-electron chi connectivity index (χ4n) is 1.63. The summed E-state index contributed by atoms with van der Waals surface area (Å²) in [7, 11) is 0. The van der Waals surface area contributed by atoms with Crippen LogP contribution in [0.5, 0.6) is 5.75 Å². The Labute approximate surface area is 104 Å². The molecule has 2 aromatic carbocycles. The molecular weight excluding hydrogens is 236 g/mol. The number of hydrogen-bond acceptors (Lipinski definition) is 2. The van der Waals surface area contributed by atoms with Gasteiger partial charge in [0.25, 0.3) is 0 Å². The molecule has 0 aliphatic heterocycles. The highest BCUT2D eigenvalue weighted by molar-refractivity contribution is 5.41. The van der Waals surface area contributed by atoms with Gasteiger partial charge < -0.3 is 10.5 Å². The zero-order valence-corrected chi connectivity index (χ0v) is 9.91. The van der Waals surface area contributed by atoms with Crippen molar-refractivity contribution < 1.29 is 13.5 Å². The van der Waals surface area contributed by atoms with Gasteiger partial charge in [-0.3, -0.25) is 0 Å². The van der Waals surface area contributed by atoms with Gasteiger partial charge >= 0.3 is 0 Å². The van der Waals surface area contributed by atoms with Gasteiger partial charge in [-0.2, -0.15) is 0 Å². The molecule has 2 rings (SSSR count). The van der Waals surface area contributed by atoms with Crippen molar-refractivity contribution in [3.63, 3.8) is 0 Å². The standard InChI is InChI=1S/C14H13F2NO/c1-9-4-13(2-3-14(9)16)18-8-10-5-11(15)7-12(17)6-10/h2-7H,8,17H2,1H3. The number of hydrogen-bond donors (Lipinski definition) is 1. The van der Waals surface area contributed by atoms with E-state index >= 15 is 0 Å². The van der Waals surface area contributed by atoms with Crippen molar-refractivity contribution in [3.8, 4) is 5.75 Å². The number of benzene rings is 2. The van der Waals surface area contributed by atoms with Gasteiger partial charge in [0.1, 0.15) is 24.0 Å². The van der Waals surface area contributed by atoms with Crippen molar-refractivity contribution in [2.75, 3.05) is 5.73 Å². The largest absolute Gasteiger partial charge is 0.489 e. The van der Waals surface area contributed by atoms with Crippen molar-refractivity contribution in [1.82, 2.24) is 0 Å². The summed E-state index contributed by atoms with van der Waals surface area (Å²) in [5.74, 6) is -0.141. The highest BCUT2D eigenvalue weighted by Crippen LogP contribution is 2.18. The lowest BCUT2D eigenvalue weighted by atomic mass is 10.2. The van der Waals surface area contributed by atoms with E-state index in [-0.39, 0.29) is 12.4 Å². The number of aryl methyl sites for hydroxylation is 1. The molecule has 2 N–H and O–H groups in total. The van der Waals surface area contributed by atoms with E-state index in [1.165, 1.54) is 24.3 Å². The first-order valence-electron chi connectivity index (χ1n) is 5.48. The van der Waals surface area contributed by atoms with E-state index in [9.17, 15) is 8.78 Å². The van der Waals surface area contributed by atoms with Gasteiger partial charge in [-0.1, -0.05) is 0 Å². The summed E-state index contributed by atoms with van der Waals surface area (Å²) >= 11 is 0. The van der Waals surface area contributed by atoms with Crippen LogP contribution in [0.2, 0.25) is 0 Å². The Balaban J connectivity index is 2.08. The van der Waals surface area contributed by atoms with Gasteiger partial charge in [-0.15, -0.1) is 0 Å². The first-order valence-corrected chi connectivity index (χ1v) is 5.48. The molecule has 0 fully saturated rings. The van der Waals surface area contributed by atoms with Gasteiger partial charge in [0.2, 0.25) is 0 Å². The maximum absolute atomic E-state index is 13.1. The fraction of sp³-hybridized carbons (Fsp3) is 0.143. The van der Waals surface area contributed by atoms with Crippen LogP contribution in [0, 0.1) is 18.6 Å². The van der Waals surface area contributed by atoms with Crippen LogP contribution in [0.15, 0.2) is 36.4 Å². The van der Waals surface area contributed by atoms with Crippen LogP contribution in [-0.4, -0.2) is 0 Å². The van der Waals surface area contributed by atoms with Gasteiger partial charge in [-0.25, -0.2) is 8.78 Å². The monoisotopic (exact) mass is 249 g/mol. The van der Waals surface area contributed by atoms with Gasteiger partial charge in [0.05, 0.1) is 0 Å². The number of nitrogens with two attached hydrogens (primary N) is 1. The molecule has 0 unspecified atom stereocenters. The number of rotatable bonds is 3. The van der Waals surface area contributed by atoms with Crippen LogP contribution in [0.3, 0.4) is 0 Å². The smallest absolute Gasteiger partial charge is 0.126 e. The minimum atomic E-state index is -0.399. The van der Waals surface area contributed by atoms with Crippen LogP contribution in [0.1, 0.15) is 11.1 Å². The Morgan fingerprint density at radius 1 is 1.11 bits per heavy atom. The summed E-state index contributed by atoms with van der Waals surface area (Å²) in [6, 6.07) is 8.70. The second kappa shape index (κ2) is 5.04. The Kier molecular flexibility index (Phi) is 3.46. The van der Waals surface area contributed by atoms with E-state index in [1.807, 2.05) is 0 Å². The van der Waals surface area contributed by atoms with E-state index in [1.54, 1.807) is 19.1 Å². The summed E-state index contributed by atoms with van der Waals surface area (Å²) in [5.41, 5.74) is 7.02. The maximum atomic E-state index is 13.1. The molecular formula is C14H13F2NO. The molecule has 0 saturated carbocycles. The lowest BCUT2D eigenvalue weighted by molar-refractivity contribution is 0.305. The molecule has 2 nitrogen and oxygen atoms in total. The Hall–Kier alpha value is -2.10. The second-order valence-corrected chi connectivity index (χ2v) is 4.09. The van der Waals surface area contributed by atoms with Crippen LogP contribution in [0.25, 0.3) is 0 Å². The van der Waals surface area contributed by atoms with Crippen LogP contribution in [0.4, 0.5) is 14.5 Å². The Morgan fingerprint density at radius 2 is 1.89 bits per heavy atom. The zero-order chi connectivity index (χ0) is 13.1. The quantitative estimate of drug-likeness (QED) is 0.846. The van der Waals surface area contributed by atoms with E-state index < -0.39 is 5.82 Å². The molecule has 0 aliphatic rings. The number of halogens is 2. The van der Waals surface area contributed by atoms with E-state index in [4.69, 9.17) is 10.5 Å². The van der Waals surface area contributed by atoms with E-state index in [0.717, 1.165) is 0 Å². The summed E-state index contributed by atoms with van der Waals surface area (Å²) < 4.78 is 31.6. The Bertz CT molecular complexity index is 549. The lowest BCUT2D eigenvalue weighted by Crippen LogP contribution is -1.98.